The smallest absolute Gasteiger partial charge is 0.164 e. The van der Waals surface area contributed by atoms with E-state index in [-0.39, 0.29) is 24.4 Å². The third kappa shape index (κ3) is 2.40. The molecule has 19 heavy (non-hydrogen) atoms. The quantitative estimate of drug-likeness (QED) is 0.746. The van der Waals surface area contributed by atoms with Crippen LogP contribution in [0, 0.1) is 0 Å². The summed E-state index contributed by atoms with van der Waals surface area (Å²) in [5, 5.41) is 1.63. The van der Waals surface area contributed by atoms with Crippen molar-refractivity contribution in [2.24, 2.45) is 0 Å². The maximum Gasteiger partial charge on any atom is 0.164 e. The van der Waals surface area contributed by atoms with Crippen molar-refractivity contribution in [1.29, 1.82) is 0 Å². The Morgan fingerprint density at radius 3 is 2.37 bits per heavy atom. The van der Waals surface area contributed by atoms with Crippen molar-refractivity contribution in [2.75, 3.05) is 6.61 Å². The monoisotopic (exact) mass is 288 g/mol. The van der Waals surface area contributed by atoms with Crippen LogP contribution in [0.15, 0.2) is 11.2 Å². The third-order valence-electron chi connectivity index (χ3n) is 3.53. The summed E-state index contributed by atoms with van der Waals surface area (Å²) in [6, 6.07) is 0. The van der Waals surface area contributed by atoms with Crippen LogP contribution in [0.25, 0.3) is 0 Å². The SMILES string of the molecule is CC1(C)O[C@H]2[C@@H]([C@H]3COC(C)(C)O3)O/C(=C\S)[C@H]2O1. The van der Waals surface area contributed by atoms with Crippen LogP contribution in [0.4, 0.5) is 0 Å². The van der Waals surface area contributed by atoms with Crippen LogP contribution >= 0.6 is 12.6 Å². The Morgan fingerprint density at radius 1 is 1.05 bits per heavy atom. The Kier molecular flexibility index (Phi) is 3.15. The summed E-state index contributed by atoms with van der Waals surface area (Å²) in [5.41, 5.74) is 0. The summed E-state index contributed by atoms with van der Waals surface area (Å²) in [6.45, 7) is 8.07. The topological polar surface area (TPSA) is 46.2 Å². The van der Waals surface area contributed by atoms with E-state index in [2.05, 4.69) is 12.6 Å². The lowest BCUT2D eigenvalue weighted by Crippen LogP contribution is -2.40. The molecule has 0 bridgehead atoms. The van der Waals surface area contributed by atoms with E-state index in [9.17, 15) is 0 Å². The van der Waals surface area contributed by atoms with Crippen LogP contribution in [0.2, 0.25) is 0 Å². The van der Waals surface area contributed by atoms with Crippen molar-refractivity contribution >= 4 is 12.6 Å². The zero-order valence-electron chi connectivity index (χ0n) is 11.6. The van der Waals surface area contributed by atoms with Gasteiger partial charge in [-0.15, -0.1) is 12.6 Å². The first-order valence-corrected chi connectivity index (χ1v) is 7.01. The van der Waals surface area contributed by atoms with Crippen molar-refractivity contribution < 1.29 is 23.7 Å². The predicted molar refractivity (Wildman–Crippen MR) is 70.7 cm³/mol. The van der Waals surface area contributed by atoms with Crippen molar-refractivity contribution in [1.82, 2.24) is 0 Å². The van der Waals surface area contributed by atoms with Gasteiger partial charge in [-0.05, 0) is 27.7 Å². The van der Waals surface area contributed by atoms with Gasteiger partial charge in [-0.2, -0.15) is 0 Å². The van der Waals surface area contributed by atoms with Crippen LogP contribution in [0.5, 0.6) is 0 Å². The van der Waals surface area contributed by atoms with Crippen LogP contribution < -0.4 is 0 Å². The molecule has 3 heterocycles. The van der Waals surface area contributed by atoms with Gasteiger partial charge in [0.1, 0.15) is 24.1 Å². The van der Waals surface area contributed by atoms with Gasteiger partial charge in [0.2, 0.25) is 0 Å². The van der Waals surface area contributed by atoms with Gasteiger partial charge in [0, 0.05) is 5.41 Å². The Labute approximate surface area is 118 Å². The summed E-state index contributed by atoms with van der Waals surface area (Å²) in [7, 11) is 0. The molecule has 4 atom stereocenters. The first kappa shape index (κ1) is 13.7. The lowest BCUT2D eigenvalue weighted by Gasteiger charge is -2.25. The standard InChI is InChI=1S/C13H20O5S/c1-12(2)14-5-7(16-12)9-11-10(8(6-19)15-9)17-13(3,4)18-11/h6-7,9-11,19H,5H2,1-4H3/b8-6-/t7-,9-,10-,11+/m1/s1. The molecular formula is C13H20O5S. The van der Waals surface area contributed by atoms with Gasteiger partial charge in [0.05, 0.1) is 6.61 Å². The summed E-state index contributed by atoms with van der Waals surface area (Å²) in [5.74, 6) is -0.502. The highest BCUT2D eigenvalue weighted by Crippen LogP contribution is 2.43. The Hall–Kier alpha value is -0.270. The van der Waals surface area contributed by atoms with E-state index >= 15 is 0 Å². The molecule has 3 aliphatic rings. The molecule has 0 aromatic heterocycles. The number of thiol groups is 1. The van der Waals surface area contributed by atoms with Crippen molar-refractivity contribution in [3.05, 3.63) is 11.2 Å². The summed E-state index contributed by atoms with van der Waals surface area (Å²) < 4.78 is 29.1. The zero-order valence-corrected chi connectivity index (χ0v) is 12.5. The minimum Gasteiger partial charge on any atom is -0.486 e. The molecule has 0 N–H and O–H groups in total. The second-order valence-corrected chi connectivity index (χ2v) is 6.26. The first-order chi connectivity index (χ1) is 8.81. The lowest BCUT2D eigenvalue weighted by atomic mass is 10.1. The van der Waals surface area contributed by atoms with Crippen molar-refractivity contribution in [3.63, 3.8) is 0 Å². The number of ether oxygens (including phenoxy) is 5. The molecule has 6 heteroatoms. The summed E-state index contributed by atoms with van der Waals surface area (Å²) in [6.07, 6.45) is -0.793. The second-order valence-electron chi connectivity index (χ2n) is 6.00. The van der Waals surface area contributed by atoms with Gasteiger partial charge < -0.3 is 23.7 Å². The first-order valence-electron chi connectivity index (χ1n) is 6.50. The summed E-state index contributed by atoms with van der Waals surface area (Å²) >= 11 is 4.18. The predicted octanol–water partition coefficient (Wildman–Crippen LogP) is 1.83. The third-order valence-corrected chi connectivity index (χ3v) is 3.78. The molecule has 0 amide bonds. The molecule has 108 valence electrons. The van der Waals surface area contributed by atoms with Crippen LogP contribution in [-0.2, 0) is 23.7 Å². The average molecular weight is 288 g/mol. The van der Waals surface area contributed by atoms with E-state index in [0.29, 0.717) is 12.4 Å². The molecule has 0 saturated carbocycles. The minimum atomic E-state index is -0.617. The van der Waals surface area contributed by atoms with E-state index < -0.39 is 11.6 Å². The minimum absolute atomic E-state index is 0.161. The molecule has 3 aliphatic heterocycles. The largest absolute Gasteiger partial charge is 0.486 e. The maximum absolute atomic E-state index is 5.94. The number of hydrogen-bond donors (Lipinski definition) is 1. The van der Waals surface area contributed by atoms with Gasteiger partial charge in [-0.25, -0.2) is 0 Å². The summed E-state index contributed by atoms with van der Waals surface area (Å²) in [4.78, 5) is 0. The van der Waals surface area contributed by atoms with Gasteiger partial charge in [-0.1, -0.05) is 0 Å². The van der Waals surface area contributed by atoms with E-state index in [1.165, 1.54) is 0 Å². The number of fused-ring (bicyclic) bond motifs is 1. The fraction of sp³-hybridized carbons (Fsp3) is 0.846. The zero-order chi connectivity index (χ0) is 13.8. The highest BCUT2D eigenvalue weighted by atomic mass is 32.1. The number of rotatable bonds is 1. The van der Waals surface area contributed by atoms with Crippen molar-refractivity contribution in [3.8, 4) is 0 Å². The van der Waals surface area contributed by atoms with Gasteiger partial charge in [0.15, 0.2) is 17.7 Å². The highest BCUT2D eigenvalue weighted by molar-refractivity contribution is 7.83. The molecule has 0 radical (unpaired) electrons. The molecule has 0 unspecified atom stereocenters. The van der Waals surface area contributed by atoms with Crippen LogP contribution in [0.1, 0.15) is 27.7 Å². The molecule has 0 aromatic carbocycles. The molecule has 0 aliphatic carbocycles. The molecule has 5 nitrogen and oxygen atoms in total. The Balaban J connectivity index is 1.80. The van der Waals surface area contributed by atoms with Gasteiger partial charge in [-0.3, -0.25) is 0 Å². The molecule has 0 aromatic rings. The van der Waals surface area contributed by atoms with Gasteiger partial charge in [0.25, 0.3) is 0 Å². The normalized spacial score (nSPS) is 45.4. The lowest BCUT2D eigenvalue weighted by molar-refractivity contribution is -0.187. The maximum atomic E-state index is 5.94. The molecule has 3 fully saturated rings. The second kappa shape index (κ2) is 4.36. The van der Waals surface area contributed by atoms with E-state index in [0.717, 1.165) is 0 Å². The van der Waals surface area contributed by atoms with Crippen molar-refractivity contribution in [2.45, 2.75) is 63.7 Å². The van der Waals surface area contributed by atoms with E-state index in [4.69, 9.17) is 23.7 Å². The Bertz CT molecular complexity index is 406. The van der Waals surface area contributed by atoms with Crippen LogP contribution in [0.3, 0.4) is 0 Å². The Morgan fingerprint density at radius 2 is 1.79 bits per heavy atom. The fourth-order valence-electron chi connectivity index (χ4n) is 2.81. The number of hydrogen-bond acceptors (Lipinski definition) is 6. The molecule has 3 saturated heterocycles. The van der Waals surface area contributed by atoms with E-state index in [1.807, 2.05) is 27.7 Å². The average Bonchev–Trinajstić information content (AvgIpc) is 2.89. The molecule has 3 rings (SSSR count). The van der Waals surface area contributed by atoms with E-state index in [1.54, 1.807) is 5.41 Å². The molecular weight excluding hydrogens is 268 g/mol. The van der Waals surface area contributed by atoms with Crippen LogP contribution in [-0.4, -0.2) is 42.6 Å². The highest BCUT2D eigenvalue weighted by Gasteiger charge is 2.57. The van der Waals surface area contributed by atoms with Gasteiger partial charge >= 0.3 is 0 Å². The molecule has 0 spiro atoms. The fourth-order valence-corrected chi connectivity index (χ4v) is 3.02.